The molecule has 7 heteroatoms. The summed E-state index contributed by atoms with van der Waals surface area (Å²) >= 11 is 0. The highest BCUT2D eigenvalue weighted by Gasteiger charge is 2.27. The molecular formula is C21H26N4O3. The van der Waals surface area contributed by atoms with Crippen molar-refractivity contribution in [3.8, 4) is 5.88 Å². The summed E-state index contributed by atoms with van der Waals surface area (Å²) in [5.41, 5.74) is 1.63. The van der Waals surface area contributed by atoms with Crippen molar-refractivity contribution in [2.75, 3.05) is 19.7 Å². The van der Waals surface area contributed by atoms with E-state index in [1.807, 2.05) is 30.0 Å². The summed E-state index contributed by atoms with van der Waals surface area (Å²) in [6, 6.07) is 7.28. The largest absolute Gasteiger partial charge is 0.477 e. The number of carbonyl (C=O) groups is 1. The van der Waals surface area contributed by atoms with Gasteiger partial charge < -0.3 is 9.64 Å². The molecule has 2 aromatic heterocycles. The van der Waals surface area contributed by atoms with Gasteiger partial charge in [0.25, 0.3) is 5.56 Å². The number of carbonyl (C=O) groups excluding carboxylic acids is 1. The van der Waals surface area contributed by atoms with Crippen molar-refractivity contribution < 1.29 is 9.53 Å². The van der Waals surface area contributed by atoms with Crippen LogP contribution in [-0.2, 0) is 11.3 Å². The number of ether oxygens (including phenoxy) is 1. The third-order valence-corrected chi connectivity index (χ3v) is 5.40. The van der Waals surface area contributed by atoms with E-state index in [1.54, 1.807) is 6.07 Å². The number of hydrogen-bond acceptors (Lipinski definition) is 5. The molecule has 28 heavy (non-hydrogen) atoms. The Labute approximate surface area is 164 Å². The maximum Gasteiger partial charge on any atom is 0.254 e. The van der Waals surface area contributed by atoms with Crippen LogP contribution in [0.2, 0.25) is 0 Å². The Kier molecular flexibility index (Phi) is 5.41. The summed E-state index contributed by atoms with van der Waals surface area (Å²) < 4.78 is 7.23. The van der Waals surface area contributed by atoms with Gasteiger partial charge in [0.1, 0.15) is 6.54 Å². The molecule has 0 N–H and O–H groups in total. The molecule has 1 aliphatic heterocycles. The minimum Gasteiger partial charge on any atom is -0.477 e. The standard InChI is InChI=1S/C21H26N4O3/c1-15-4-2-6-19(23-15)28-13-16-5-3-9-24(11-16)21(27)12-25-14-22-18(10-20(25)26)17-7-8-17/h2,4,6,10,14,16-17H,3,5,7-9,11-13H2,1H3. The van der Waals surface area contributed by atoms with E-state index in [0.29, 0.717) is 24.9 Å². The number of likely N-dealkylation sites (tertiary alicyclic amines) is 1. The van der Waals surface area contributed by atoms with Crippen LogP contribution in [0.25, 0.3) is 0 Å². The fourth-order valence-electron chi connectivity index (χ4n) is 3.64. The van der Waals surface area contributed by atoms with E-state index in [0.717, 1.165) is 43.6 Å². The number of piperidine rings is 1. The molecule has 3 heterocycles. The Hall–Kier alpha value is -2.70. The van der Waals surface area contributed by atoms with E-state index >= 15 is 0 Å². The fraction of sp³-hybridized carbons (Fsp3) is 0.524. The molecule has 0 spiro atoms. The van der Waals surface area contributed by atoms with Crippen LogP contribution in [0.3, 0.4) is 0 Å². The molecule has 0 bridgehead atoms. The van der Waals surface area contributed by atoms with Crippen LogP contribution in [-0.4, -0.2) is 45.0 Å². The average molecular weight is 382 g/mol. The zero-order valence-corrected chi connectivity index (χ0v) is 16.2. The van der Waals surface area contributed by atoms with E-state index in [-0.39, 0.29) is 23.9 Å². The second-order valence-electron chi connectivity index (χ2n) is 7.83. The zero-order valence-electron chi connectivity index (χ0n) is 16.2. The first kappa shape index (κ1) is 18.7. The van der Waals surface area contributed by atoms with Gasteiger partial charge in [0.15, 0.2) is 0 Å². The Morgan fingerprint density at radius 1 is 1.29 bits per heavy atom. The molecule has 1 saturated carbocycles. The Balaban J connectivity index is 1.32. The van der Waals surface area contributed by atoms with E-state index in [2.05, 4.69) is 9.97 Å². The Morgan fingerprint density at radius 2 is 2.14 bits per heavy atom. The van der Waals surface area contributed by atoms with E-state index < -0.39 is 0 Å². The van der Waals surface area contributed by atoms with Crippen molar-refractivity contribution in [2.45, 2.75) is 45.1 Å². The smallest absolute Gasteiger partial charge is 0.254 e. The molecule has 1 amide bonds. The lowest BCUT2D eigenvalue weighted by molar-refractivity contribution is -0.133. The van der Waals surface area contributed by atoms with Crippen LogP contribution in [0.4, 0.5) is 0 Å². The highest BCUT2D eigenvalue weighted by Crippen LogP contribution is 2.38. The number of pyridine rings is 1. The summed E-state index contributed by atoms with van der Waals surface area (Å²) in [5.74, 6) is 1.29. The number of nitrogens with zero attached hydrogens (tertiary/aromatic N) is 4. The highest BCUT2D eigenvalue weighted by atomic mass is 16.5. The van der Waals surface area contributed by atoms with Gasteiger partial charge in [-0.1, -0.05) is 6.07 Å². The van der Waals surface area contributed by atoms with Crippen LogP contribution >= 0.6 is 0 Å². The second kappa shape index (κ2) is 8.12. The maximum absolute atomic E-state index is 12.7. The Morgan fingerprint density at radius 3 is 2.89 bits per heavy atom. The first-order valence-corrected chi connectivity index (χ1v) is 9.99. The lowest BCUT2D eigenvalue weighted by Gasteiger charge is -2.32. The van der Waals surface area contributed by atoms with Crippen molar-refractivity contribution in [1.29, 1.82) is 0 Å². The molecule has 4 rings (SSSR count). The Bertz CT molecular complexity index is 907. The number of hydrogen-bond donors (Lipinski definition) is 0. The molecule has 1 unspecified atom stereocenters. The number of rotatable bonds is 6. The average Bonchev–Trinajstić information content (AvgIpc) is 3.53. The van der Waals surface area contributed by atoms with Crippen molar-refractivity contribution >= 4 is 5.91 Å². The van der Waals surface area contributed by atoms with E-state index in [9.17, 15) is 9.59 Å². The number of aryl methyl sites for hydroxylation is 1. The zero-order chi connectivity index (χ0) is 19.5. The molecule has 2 aromatic rings. The minimum absolute atomic E-state index is 0.0403. The van der Waals surface area contributed by atoms with Crippen molar-refractivity contribution in [3.63, 3.8) is 0 Å². The topological polar surface area (TPSA) is 77.3 Å². The molecule has 1 atom stereocenters. The predicted octanol–water partition coefficient (Wildman–Crippen LogP) is 2.14. The van der Waals surface area contributed by atoms with Crippen LogP contribution in [0.1, 0.15) is 43.0 Å². The predicted molar refractivity (Wildman–Crippen MR) is 104 cm³/mol. The molecule has 2 aliphatic rings. The van der Waals surface area contributed by atoms with Gasteiger partial charge in [-0.05, 0) is 38.7 Å². The van der Waals surface area contributed by atoms with Crippen molar-refractivity contribution in [2.24, 2.45) is 5.92 Å². The third-order valence-electron chi connectivity index (χ3n) is 5.40. The third kappa shape index (κ3) is 4.58. The molecule has 0 aromatic carbocycles. The van der Waals surface area contributed by atoms with Gasteiger partial charge in [0.2, 0.25) is 11.8 Å². The molecule has 148 valence electrons. The van der Waals surface area contributed by atoms with Crippen LogP contribution < -0.4 is 10.3 Å². The monoisotopic (exact) mass is 382 g/mol. The van der Waals surface area contributed by atoms with Crippen molar-refractivity contribution in [3.05, 3.63) is 52.3 Å². The van der Waals surface area contributed by atoms with Crippen LogP contribution in [0, 0.1) is 12.8 Å². The molecular weight excluding hydrogens is 356 g/mol. The van der Waals surface area contributed by atoms with Crippen LogP contribution in [0.15, 0.2) is 35.4 Å². The van der Waals surface area contributed by atoms with Gasteiger partial charge in [-0.15, -0.1) is 0 Å². The van der Waals surface area contributed by atoms with Crippen LogP contribution in [0.5, 0.6) is 5.88 Å². The van der Waals surface area contributed by atoms with E-state index in [1.165, 1.54) is 10.9 Å². The summed E-state index contributed by atoms with van der Waals surface area (Å²) in [7, 11) is 0. The van der Waals surface area contributed by atoms with Gasteiger partial charge in [-0.25, -0.2) is 9.97 Å². The quantitative estimate of drug-likeness (QED) is 0.765. The van der Waals surface area contributed by atoms with Gasteiger partial charge in [-0.3, -0.25) is 14.2 Å². The highest BCUT2D eigenvalue weighted by molar-refractivity contribution is 5.76. The molecule has 2 fully saturated rings. The van der Waals surface area contributed by atoms with E-state index in [4.69, 9.17) is 4.74 Å². The lowest BCUT2D eigenvalue weighted by Crippen LogP contribution is -2.44. The minimum atomic E-state index is -0.146. The van der Waals surface area contributed by atoms with Gasteiger partial charge >= 0.3 is 0 Å². The molecule has 7 nitrogen and oxygen atoms in total. The van der Waals surface area contributed by atoms with Gasteiger partial charge in [-0.2, -0.15) is 0 Å². The first-order chi connectivity index (χ1) is 13.6. The van der Waals surface area contributed by atoms with Crippen molar-refractivity contribution in [1.82, 2.24) is 19.4 Å². The van der Waals surface area contributed by atoms with Gasteiger partial charge in [0, 0.05) is 42.8 Å². The number of amides is 1. The van der Waals surface area contributed by atoms with Gasteiger partial charge in [0.05, 0.1) is 18.6 Å². The summed E-state index contributed by atoms with van der Waals surface area (Å²) in [6.07, 6.45) is 5.68. The summed E-state index contributed by atoms with van der Waals surface area (Å²) in [5, 5.41) is 0. The maximum atomic E-state index is 12.7. The normalized spacial score (nSPS) is 19.5. The fourth-order valence-corrected chi connectivity index (χ4v) is 3.64. The molecule has 0 radical (unpaired) electrons. The SMILES string of the molecule is Cc1cccc(OCC2CCCN(C(=O)Cn3cnc(C4CC4)cc3=O)C2)n1. The summed E-state index contributed by atoms with van der Waals surface area (Å²) in [4.78, 5) is 35.5. The number of aromatic nitrogens is 3. The molecule has 1 saturated heterocycles. The first-order valence-electron chi connectivity index (χ1n) is 9.99. The summed E-state index contributed by atoms with van der Waals surface area (Å²) in [6.45, 7) is 3.89. The lowest BCUT2D eigenvalue weighted by atomic mass is 9.99. The second-order valence-corrected chi connectivity index (χ2v) is 7.83. The molecule has 1 aliphatic carbocycles.